The fourth-order valence-electron chi connectivity index (χ4n) is 3.29. The molecule has 28 heavy (non-hydrogen) atoms. The van der Waals surface area contributed by atoms with Gasteiger partial charge in [0.2, 0.25) is 5.95 Å². The number of thiophene rings is 1. The van der Waals surface area contributed by atoms with Crippen molar-refractivity contribution in [3.8, 4) is 0 Å². The van der Waals surface area contributed by atoms with Crippen LogP contribution in [0.3, 0.4) is 0 Å². The van der Waals surface area contributed by atoms with Crippen LogP contribution in [0, 0.1) is 0 Å². The monoisotopic (exact) mass is 405 g/mol. The number of anilines is 1. The molecule has 152 valence electrons. The zero-order chi connectivity index (χ0) is 20.3. The molecule has 2 heterocycles. The fourth-order valence-corrected chi connectivity index (χ4v) is 4.14. The Bertz CT molecular complexity index is 861. The molecular weight excluding hydrogens is 378 g/mol. The highest BCUT2D eigenvalue weighted by Gasteiger charge is 2.29. The lowest BCUT2D eigenvalue weighted by Gasteiger charge is -2.33. The van der Waals surface area contributed by atoms with Gasteiger partial charge in [0.25, 0.3) is 5.91 Å². The summed E-state index contributed by atoms with van der Waals surface area (Å²) in [6.07, 6.45) is 5.18. The molecular formula is C19H27N5O3S. The third-order valence-electron chi connectivity index (χ3n) is 4.57. The second-order valence-corrected chi connectivity index (χ2v) is 8.83. The number of alkyl carbamates (subject to hydrolysis) is 1. The van der Waals surface area contributed by atoms with Gasteiger partial charge in [-0.05, 0) is 33.6 Å². The molecule has 9 heteroatoms. The Hall–Kier alpha value is -2.42. The maximum Gasteiger partial charge on any atom is 0.407 e. The summed E-state index contributed by atoms with van der Waals surface area (Å²) in [7, 11) is 1.60. The molecule has 3 rings (SSSR count). The van der Waals surface area contributed by atoms with Crippen LogP contribution in [0.4, 0.5) is 10.7 Å². The largest absolute Gasteiger partial charge is 0.444 e. The molecule has 0 spiro atoms. The number of aromatic nitrogens is 2. The Morgan fingerprint density at radius 2 is 1.93 bits per heavy atom. The molecule has 1 unspecified atom stereocenters. The zero-order valence-electron chi connectivity index (χ0n) is 16.7. The van der Waals surface area contributed by atoms with Gasteiger partial charge in [0.1, 0.15) is 5.60 Å². The zero-order valence-corrected chi connectivity index (χ0v) is 17.5. The van der Waals surface area contributed by atoms with Gasteiger partial charge in [-0.25, -0.2) is 14.8 Å². The number of nitrogens with zero attached hydrogens (tertiary/aromatic N) is 2. The SMILES string of the molecule is CNC(=O)c1csc2cnc(NC3CCCC[C@@H]3NC(=O)OC(C)(C)C)nc12. The second-order valence-electron chi connectivity index (χ2n) is 7.92. The number of hydrogen-bond donors (Lipinski definition) is 3. The van der Waals surface area contributed by atoms with E-state index in [0.717, 1.165) is 30.4 Å². The molecule has 1 aliphatic carbocycles. The summed E-state index contributed by atoms with van der Waals surface area (Å²) in [6, 6.07) is -0.0652. The summed E-state index contributed by atoms with van der Waals surface area (Å²) in [4.78, 5) is 33.2. The number of carbonyl (C=O) groups excluding carboxylic acids is 2. The summed E-state index contributed by atoms with van der Waals surface area (Å²) >= 11 is 1.44. The van der Waals surface area contributed by atoms with Crippen molar-refractivity contribution in [2.75, 3.05) is 12.4 Å². The van der Waals surface area contributed by atoms with Gasteiger partial charge in [0, 0.05) is 18.5 Å². The van der Waals surface area contributed by atoms with Crippen molar-refractivity contribution in [2.45, 2.75) is 64.1 Å². The van der Waals surface area contributed by atoms with E-state index < -0.39 is 11.7 Å². The van der Waals surface area contributed by atoms with Crippen molar-refractivity contribution in [1.29, 1.82) is 0 Å². The Kier molecular flexibility index (Phi) is 6.02. The van der Waals surface area contributed by atoms with Crippen LogP contribution in [0.2, 0.25) is 0 Å². The lowest BCUT2D eigenvalue weighted by atomic mass is 9.90. The minimum Gasteiger partial charge on any atom is -0.444 e. The smallest absolute Gasteiger partial charge is 0.407 e. The van der Waals surface area contributed by atoms with Gasteiger partial charge in [-0.1, -0.05) is 12.8 Å². The number of nitrogens with one attached hydrogen (secondary N) is 3. The van der Waals surface area contributed by atoms with E-state index in [1.54, 1.807) is 18.6 Å². The molecule has 2 amide bonds. The number of carbonyl (C=O) groups is 2. The highest BCUT2D eigenvalue weighted by atomic mass is 32.1. The molecule has 1 fully saturated rings. The number of fused-ring (bicyclic) bond motifs is 1. The summed E-state index contributed by atoms with van der Waals surface area (Å²) in [6.45, 7) is 5.53. The summed E-state index contributed by atoms with van der Waals surface area (Å²) in [5.41, 5.74) is 0.639. The van der Waals surface area contributed by atoms with Crippen LogP contribution in [0.25, 0.3) is 10.2 Å². The first-order chi connectivity index (χ1) is 13.3. The second kappa shape index (κ2) is 8.30. The molecule has 8 nitrogen and oxygen atoms in total. The van der Waals surface area contributed by atoms with Crippen molar-refractivity contribution in [3.63, 3.8) is 0 Å². The predicted octanol–water partition coefficient (Wildman–Crippen LogP) is 3.30. The van der Waals surface area contributed by atoms with Crippen molar-refractivity contribution < 1.29 is 14.3 Å². The average Bonchev–Trinajstić information content (AvgIpc) is 3.04. The maximum absolute atomic E-state index is 12.2. The van der Waals surface area contributed by atoms with Gasteiger partial charge in [-0.3, -0.25) is 4.79 Å². The summed E-state index contributed by atoms with van der Waals surface area (Å²) in [5, 5.41) is 10.7. The molecule has 2 aromatic heterocycles. The summed E-state index contributed by atoms with van der Waals surface area (Å²) in [5.74, 6) is 0.289. The van der Waals surface area contributed by atoms with Crippen molar-refractivity contribution >= 4 is 39.5 Å². The Morgan fingerprint density at radius 3 is 2.61 bits per heavy atom. The van der Waals surface area contributed by atoms with Crippen LogP contribution in [0.1, 0.15) is 56.8 Å². The third-order valence-corrected chi connectivity index (χ3v) is 5.47. The highest BCUT2D eigenvalue weighted by Crippen LogP contribution is 2.26. The van der Waals surface area contributed by atoms with E-state index in [1.165, 1.54) is 11.3 Å². The van der Waals surface area contributed by atoms with Gasteiger partial charge < -0.3 is 20.7 Å². The normalized spacial score (nSPS) is 19.9. The van der Waals surface area contributed by atoms with Crippen LogP contribution in [0.5, 0.6) is 0 Å². The van der Waals surface area contributed by atoms with Gasteiger partial charge in [-0.2, -0.15) is 0 Å². The van der Waals surface area contributed by atoms with E-state index in [-0.39, 0.29) is 18.0 Å². The van der Waals surface area contributed by atoms with E-state index in [2.05, 4.69) is 25.9 Å². The Morgan fingerprint density at radius 1 is 1.21 bits per heavy atom. The minimum absolute atomic E-state index is 0.000746. The maximum atomic E-state index is 12.2. The van der Waals surface area contributed by atoms with Crippen molar-refractivity contribution in [2.24, 2.45) is 0 Å². The number of amides is 2. The first-order valence-corrected chi connectivity index (χ1v) is 10.4. The number of rotatable bonds is 4. The average molecular weight is 406 g/mol. The van der Waals surface area contributed by atoms with E-state index in [1.807, 2.05) is 20.8 Å². The van der Waals surface area contributed by atoms with Crippen LogP contribution >= 0.6 is 11.3 Å². The van der Waals surface area contributed by atoms with Crippen molar-refractivity contribution in [3.05, 3.63) is 17.1 Å². The fraction of sp³-hybridized carbons (Fsp3) is 0.579. The molecule has 2 atom stereocenters. The molecule has 0 saturated heterocycles. The lowest BCUT2D eigenvalue weighted by molar-refractivity contribution is 0.0488. The first-order valence-electron chi connectivity index (χ1n) is 9.49. The Labute approximate surface area is 168 Å². The van der Waals surface area contributed by atoms with E-state index >= 15 is 0 Å². The van der Waals surface area contributed by atoms with Crippen LogP contribution < -0.4 is 16.0 Å². The van der Waals surface area contributed by atoms with E-state index in [0.29, 0.717) is 17.0 Å². The molecule has 0 bridgehead atoms. The summed E-state index contributed by atoms with van der Waals surface area (Å²) < 4.78 is 6.25. The first kappa shape index (κ1) is 20.3. The standard InChI is InChI=1S/C19H27N5O3S/c1-19(2,3)27-18(26)23-13-8-6-5-7-12(13)22-17-21-9-14-15(24-17)11(10-28-14)16(25)20-4/h9-10,12-13H,5-8H2,1-4H3,(H,20,25)(H,23,26)(H,21,22,24)/t12?,13-/m0/s1. The quantitative estimate of drug-likeness (QED) is 0.721. The topological polar surface area (TPSA) is 105 Å². The van der Waals surface area contributed by atoms with Crippen LogP contribution in [0.15, 0.2) is 11.6 Å². The van der Waals surface area contributed by atoms with Crippen LogP contribution in [-0.2, 0) is 4.74 Å². The number of hydrogen-bond acceptors (Lipinski definition) is 7. The van der Waals surface area contributed by atoms with Gasteiger partial charge in [0.15, 0.2) is 0 Å². The molecule has 1 aliphatic rings. The predicted molar refractivity (Wildman–Crippen MR) is 110 cm³/mol. The van der Waals surface area contributed by atoms with Crippen molar-refractivity contribution in [1.82, 2.24) is 20.6 Å². The lowest BCUT2D eigenvalue weighted by Crippen LogP contribution is -2.50. The van der Waals surface area contributed by atoms with Gasteiger partial charge in [0.05, 0.1) is 28.0 Å². The highest BCUT2D eigenvalue weighted by molar-refractivity contribution is 7.17. The number of ether oxygens (including phenoxy) is 1. The molecule has 0 radical (unpaired) electrons. The van der Waals surface area contributed by atoms with Gasteiger partial charge >= 0.3 is 6.09 Å². The molecule has 0 aromatic carbocycles. The molecule has 0 aliphatic heterocycles. The molecule has 1 saturated carbocycles. The minimum atomic E-state index is -0.537. The third kappa shape index (κ3) is 4.89. The molecule has 2 aromatic rings. The molecule has 3 N–H and O–H groups in total. The Balaban J connectivity index is 1.74. The van der Waals surface area contributed by atoms with Crippen LogP contribution in [-0.4, -0.2) is 46.7 Å². The van der Waals surface area contributed by atoms with E-state index in [9.17, 15) is 9.59 Å². The van der Waals surface area contributed by atoms with Gasteiger partial charge in [-0.15, -0.1) is 11.3 Å². The van der Waals surface area contributed by atoms with E-state index in [4.69, 9.17) is 4.74 Å².